The number of aromatic nitrogens is 2. The third-order valence-electron chi connectivity index (χ3n) is 4.98. The minimum atomic E-state index is -1.02. The summed E-state index contributed by atoms with van der Waals surface area (Å²) < 4.78 is 6.49. The van der Waals surface area contributed by atoms with Crippen molar-refractivity contribution < 1.29 is 14.3 Å². The van der Waals surface area contributed by atoms with E-state index in [1.54, 1.807) is 0 Å². The van der Waals surface area contributed by atoms with E-state index in [4.69, 9.17) is 4.74 Å². The van der Waals surface area contributed by atoms with Gasteiger partial charge in [-0.15, -0.1) is 22.7 Å². The van der Waals surface area contributed by atoms with Crippen LogP contribution in [0.2, 0.25) is 0 Å². The summed E-state index contributed by atoms with van der Waals surface area (Å²) in [6, 6.07) is 9.57. The maximum absolute atomic E-state index is 13.0. The van der Waals surface area contributed by atoms with Gasteiger partial charge in [0.05, 0.1) is 11.7 Å². The van der Waals surface area contributed by atoms with E-state index in [1.165, 1.54) is 40.5 Å². The zero-order valence-corrected chi connectivity index (χ0v) is 19.4. The second-order valence-corrected chi connectivity index (χ2v) is 9.23. The van der Waals surface area contributed by atoms with Crippen LogP contribution >= 0.6 is 22.7 Å². The predicted molar refractivity (Wildman–Crippen MR) is 127 cm³/mol. The third-order valence-corrected chi connectivity index (χ3v) is 6.76. The van der Waals surface area contributed by atoms with Crippen molar-refractivity contribution >= 4 is 50.5 Å². The van der Waals surface area contributed by atoms with Gasteiger partial charge in [0.15, 0.2) is 6.10 Å². The highest BCUT2D eigenvalue weighted by atomic mass is 32.1. The lowest BCUT2D eigenvalue weighted by Gasteiger charge is -2.15. The molecule has 4 rings (SSSR count). The second kappa shape index (κ2) is 9.05. The highest BCUT2D eigenvalue weighted by Gasteiger charge is 2.20. The summed E-state index contributed by atoms with van der Waals surface area (Å²) in [5.41, 5.74) is 3.08. The fourth-order valence-corrected chi connectivity index (χ4v) is 4.95. The van der Waals surface area contributed by atoms with Crippen molar-refractivity contribution in [3.63, 3.8) is 0 Å². The monoisotopic (exact) mass is 467 g/mol. The van der Waals surface area contributed by atoms with Gasteiger partial charge in [-0.2, -0.15) is 0 Å². The molecule has 0 saturated heterocycles. The van der Waals surface area contributed by atoms with Crippen LogP contribution in [0.3, 0.4) is 0 Å². The first-order chi connectivity index (χ1) is 15.3. The van der Waals surface area contributed by atoms with Gasteiger partial charge in [-0.1, -0.05) is 18.2 Å². The molecule has 3 heterocycles. The number of rotatable bonds is 6. The lowest BCUT2D eigenvalue weighted by Crippen LogP contribution is -2.33. The summed E-state index contributed by atoms with van der Waals surface area (Å²) in [6.45, 7) is 4.98. The lowest BCUT2D eigenvalue weighted by atomic mass is 10.1. The number of anilines is 1. The Morgan fingerprint density at radius 1 is 1.22 bits per heavy atom. The van der Waals surface area contributed by atoms with Crippen molar-refractivity contribution in [3.05, 3.63) is 68.9 Å². The molecule has 0 aliphatic carbocycles. The molecule has 164 valence electrons. The largest absolute Gasteiger partial charge is 0.451 e. The number of carbonyl (C=O) groups is 2. The Morgan fingerprint density at radius 2 is 2.03 bits per heavy atom. The van der Waals surface area contributed by atoms with Gasteiger partial charge in [0.2, 0.25) is 0 Å². The Kier molecular flexibility index (Phi) is 6.20. The first-order valence-electron chi connectivity index (χ1n) is 9.91. The van der Waals surface area contributed by atoms with Gasteiger partial charge in [-0.05, 0) is 49.4 Å². The molecule has 7 nitrogen and oxygen atoms in total. The average molecular weight is 468 g/mol. The molecular weight excluding hydrogens is 446 g/mol. The van der Waals surface area contributed by atoms with Gasteiger partial charge < -0.3 is 10.1 Å². The van der Waals surface area contributed by atoms with E-state index in [0.717, 1.165) is 21.6 Å². The summed E-state index contributed by atoms with van der Waals surface area (Å²) >= 11 is 2.92. The van der Waals surface area contributed by atoms with Crippen molar-refractivity contribution in [3.8, 4) is 10.4 Å². The molecule has 9 heteroatoms. The lowest BCUT2D eigenvalue weighted by molar-refractivity contribution is -0.153. The van der Waals surface area contributed by atoms with Crippen molar-refractivity contribution in [2.24, 2.45) is 0 Å². The number of carbonyl (C=O) groups excluding carboxylic acids is 2. The van der Waals surface area contributed by atoms with E-state index in [0.29, 0.717) is 15.9 Å². The number of nitrogens with one attached hydrogen (secondary N) is 1. The fourth-order valence-electron chi connectivity index (χ4n) is 3.23. The molecule has 0 radical (unpaired) electrons. The topological polar surface area (TPSA) is 90.3 Å². The highest BCUT2D eigenvalue weighted by molar-refractivity contribution is 7.18. The smallest absolute Gasteiger partial charge is 0.326 e. The number of esters is 1. The molecule has 1 aromatic carbocycles. The van der Waals surface area contributed by atoms with Crippen LogP contribution < -0.4 is 10.9 Å². The standard InChI is InChI=1S/C23H21N3O4S2/c1-13-6-7-14(2)17(9-13)25-21(28)15(3)30-19(27)10-26-12-24-22-20(23(26)29)16(11-32-22)18-5-4-8-31-18/h4-9,11-12,15H,10H2,1-3H3,(H,25,28). The van der Waals surface area contributed by atoms with Crippen LogP contribution in [0.4, 0.5) is 5.69 Å². The number of hydrogen-bond donors (Lipinski definition) is 1. The van der Waals surface area contributed by atoms with Crippen LogP contribution in [-0.4, -0.2) is 27.5 Å². The second-order valence-electron chi connectivity index (χ2n) is 7.42. The van der Waals surface area contributed by atoms with Gasteiger partial charge in [-0.25, -0.2) is 4.98 Å². The molecule has 1 amide bonds. The summed E-state index contributed by atoms with van der Waals surface area (Å²) in [5, 5.41) is 7.10. The minimum Gasteiger partial charge on any atom is -0.451 e. The zero-order valence-electron chi connectivity index (χ0n) is 17.7. The van der Waals surface area contributed by atoms with Crippen molar-refractivity contribution in [1.82, 2.24) is 9.55 Å². The molecular formula is C23H21N3O4S2. The molecule has 0 fully saturated rings. The molecule has 0 bridgehead atoms. The summed E-state index contributed by atoms with van der Waals surface area (Å²) in [4.78, 5) is 43.8. The molecule has 32 heavy (non-hydrogen) atoms. The third kappa shape index (κ3) is 4.49. The molecule has 1 atom stereocenters. The van der Waals surface area contributed by atoms with E-state index in [1.807, 2.05) is 54.9 Å². The van der Waals surface area contributed by atoms with E-state index >= 15 is 0 Å². The van der Waals surface area contributed by atoms with Gasteiger partial charge >= 0.3 is 5.97 Å². The summed E-state index contributed by atoms with van der Waals surface area (Å²) in [7, 11) is 0. The Bertz CT molecular complexity index is 1360. The normalized spacial score (nSPS) is 12.0. The van der Waals surface area contributed by atoms with Crippen molar-refractivity contribution in [2.75, 3.05) is 5.32 Å². The highest BCUT2D eigenvalue weighted by Crippen LogP contribution is 2.33. The molecule has 0 aliphatic heterocycles. The van der Waals surface area contributed by atoms with Crippen LogP contribution in [0.1, 0.15) is 18.1 Å². The Hall–Kier alpha value is -3.30. The average Bonchev–Trinajstić information content (AvgIpc) is 3.42. The van der Waals surface area contributed by atoms with Crippen LogP contribution in [0, 0.1) is 13.8 Å². The van der Waals surface area contributed by atoms with Crippen LogP contribution in [-0.2, 0) is 20.9 Å². The molecule has 1 N–H and O–H groups in total. The van der Waals surface area contributed by atoms with E-state index in [9.17, 15) is 14.4 Å². The molecule has 0 aliphatic rings. The SMILES string of the molecule is Cc1ccc(C)c(NC(=O)C(C)OC(=O)Cn2cnc3scc(-c4cccs4)c3c2=O)c1. The first kappa shape index (κ1) is 21.9. The Balaban J connectivity index is 1.47. The maximum Gasteiger partial charge on any atom is 0.326 e. The number of benzene rings is 1. The number of ether oxygens (including phenoxy) is 1. The molecule has 3 aromatic heterocycles. The maximum atomic E-state index is 13.0. The van der Waals surface area contributed by atoms with Crippen LogP contribution in [0.15, 0.2) is 52.2 Å². The predicted octanol–water partition coefficient (Wildman–Crippen LogP) is 4.37. The number of fused-ring (bicyclic) bond motifs is 1. The molecule has 4 aromatic rings. The number of nitrogens with zero attached hydrogens (tertiary/aromatic N) is 2. The van der Waals surface area contributed by atoms with Crippen molar-refractivity contribution in [2.45, 2.75) is 33.4 Å². The number of thiophene rings is 2. The van der Waals surface area contributed by atoms with Gasteiger partial charge in [0, 0.05) is 21.5 Å². The summed E-state index contributed by atoms with van der Waals surface area (Å²) in [5.74, 6) is -1.13. The van der Waals surface area contributed by atoms with Crippen LogP contribution in [0.5, 0.6) is 0 Å². The van der Waals surface area contributed by atoms with E-state index in [2.05, 4.69) is 10.3 Å². The molecule has 1 unspecified atom stereocenters. The Labute approximate surface area is 192 Å². The van der Waals surface area contributed by atoms with Gasteiger partial charge in [0.25, 0.3) is 11.5 Å². The number of hydrogen-bond acceptors (Lipinski definition) is 7. The van der Waals surface area contributed by atoms with Gasteiger partial charge in [-0.3, -0.25) is 19.0 Å². The van der Waals surface area contributed by atoms with Crippen molar-refractivity contribution in [1.29, 1.82) is 0 Å². The fraction of sp³-hybridized carbons (Fsp3) is 0.217. The zero-order chi connectivity index (χ0) is 22.8. The molecule has 0 saturated carbocycles. The first-order valence-corrected chi connectivity index (χ1v) is 11.7. The summed E-state index contributed by atoms with van der Waals surface area (Å²) in [6.07, 6.45) is 0.319. The minimum absolute atomic E-state index is 0.316. The number of aryl methyl sites for hydroxylation is 2. The number of amides is 1. The molecule has 0 spiro atoms. The van der Waals surface area contributed by atoms with E-state index in [-0.39, 0.29) is 12.1 Å². The van der Waals surface area contributed by atoms with Gasteiger partial charge in [0.1, 0.15) is 11.4 Å². The Morgan fingerprint density at radius 3 is 2.78 bits per heavy atom. The van der Waals surface area contributed by atoms with E-state index < -0.39 is 18.0 Å². The van der Waals surface area contributed by atoms with Crippen LogP contribution in [0.25, 0.3) is 20.7 Å². The quantitative estimate of drug-likeness (QED) is 0.425.